The van der Waals surface area contributed by atoms with Crippen molar-refractivity contribution in [2.75, 3.05) is 26.2 Å². The molecule has 0 aromatic heterocycles. The maximum atomic E-state index is 6.05. The number of nitrogens with one attached hydrogen (secondary N) is 1. The first kappa shape index (κ1) is 13.8. The third-order valence-corrected chi connectivity index (χ3v) is 4.87. The molecule has 1 saturated heterocycles. The van der Waals surface area contributed by atoms with E-state index in [1.807, 2.05) is 0 Å². The molecule has 1 aliphatic heterocycles. The van der Waals surface area contributed by atoms with Gasteiger partial charge in [0, 0.05) is 25.2 Å². The molecule has 3 nitrogen and oxygen atoms in total. The molecule has 1 heterocycles. The van der Waals surface area contributed by atoms with Crippen LogP contribution in [0.3, 0.4) is 0 Å². The summed E-state index contributed by atoms with van der Waals surface area (Å²) in [6, 6.07) is 1.60. The second kappa shape index (κ2) is 7.05. The number of piperidine rings is 1. The van der Waals surface area contributed by atoms with Crippen LogP contribution in [-0.4, -0.2) is 49.3 Å². The summed E-state index contributed by atoms with van der Waals surface area (Å²) in [5, 5.41) is 3.78. The zero-order chi connectivity index (χ0) is 12.9. The lowest BCUT2D eigenvalue weighted by Crippen LogP contribution is -2.47. The highest BCUT2D eigenvalue weighted by Gasteiger charge is 2.27. The molecule has 1 atom stereocenters. The van der Waals surface area contributed by atoms with Crippen molar-refractivity contribution in [3.8, 4) is 0 Å². The van der Waals surface area contributed by atoms with E-state index in [2.05, 4.69) is 10.2 Å². The van der Waals surface area contributed by atoms with Crippen LogP contribution in [0.2, 0.25) is 0 Å². The third kappa shape index (κ3) is 4.73. The van der Waals surface area contributed by atoms with Gasteiger partial charge in [0.05, 0.1) is 12.7 Å². The van der Waals surface area contributed by atoms with Crippen LogP contribution in [0.4, 0.5) is 0 Å². The van der Waals surface area contributed by atoms with E-state index in [1.54, 1.807) is 0 Å². The number of hydrogen-bond donors (Lipinski definition) is 1. The number of likely N-dealkylation sites (tertiary alicyclic amines) is 1. The number of rotatable bonds is 6. The largest absolute Gasteiger partial charge is 0.377 e. The molecule has 0 radical (unpaired) electrons. The van der Waals surface area contributed by atoms with E-state index >= 15 is 0 Å². The van der Waals surface area contributed by atoms with Crippen molar-refractivity contribution < 1.29 is 4.74 Å². The van der Waals surface area contributed by atoms with Crippen LogP contribution in [0.25, 0.3) is 0 Å². The van der Waals surface area contributed by atoms with Gasteiger partial charge in [-0.15, -0.1) is 0 Å². The van der Waals surface area contributed by atoms with Crippen LogP contribution in [0.5, 0.6) is 0 Å². The van der Waals surface area contributed by atoms with Crippen molar-refractivity contribution in [3.05, 3.63) is 0 Å². The highest BCUT2D eigenvalue weighted by molar-refractivity contribution is 4.88. The topological polar surface area (TPSA) is 24.5 Å². The summed E-state index contributed by atoms with van der Waals surface area (Å²) < 4.78 is 6.05. The smallest absolute Gasteiger partial charge is 0.0597 e. The average molecular weight is 266 g/mol. The normalized spacial score (nSPS) is 30.6. The summed E-state index contributed by atoms with van der Waals surface area (Å²) in [5.41, 5.74) is 0. The van der Waals surface area contributed by atoms with Gasteiger partial charge in [-0.05, 0) is 45.1 Å². The average Bonchev–Trinajstić information content (AvgIpc) is 3.24. The Bertz CT molecular complexity index is 261. The second-order valence-electron chi connectivity index (χ2n) is 6.71. The van der Waals surface area contributed by atoms with Gasteiger partial charge in [0.1, 0.15) is 0 Å². The summed E-state index contributed by atoms with van der Waals surface area (Å²) in [6.45, 7) is 4.60. The van der Waals surface area contributed by atoms with Gasteiger partial charge in [-0.3, -0.25) is 4.90 Å². The lowest BCUT2D eigenvalue weighted by Gasteiger charge is -2.33. The zero-order valence-corrected chi connectivity index (χ0v) is 12.3. The van der Waals surface area contributed by atoms with Crippen molar-refractivity contribution in [3.63, 3.8) is 0 Å². The molecule has 3 fully saturated rings. The summed E-state index contributed by atoms with van der Waals surface area (Å²) >= 11 is 0. The fourth-order valence-electron chi connectivity index (χ4n) is 3.56. The predicted molar refractivity (Wildman–Crippen MR) is 78.4 cm³/mol. The quantitative estimate of drug-likeness (QED) is 0.799. The van der Waals surface area contributed by atoms with Crippen LogP contribution in [-0.2, 0) is 4.74 Å². The van der Waals surface area contributed by atoms with E-state index in [0.717, 1.165) is 25.2 Å². The third-order valence-electron chi connectivity index (χ3n) is 4.87. The molecule has 0 aromatic rings. The Morgan fingerprint density at radius 3 is 2.53 bits per heavy atom. The van der Waals surface area contributed by atoms with Crippen molar-refractivity contribution in [1.29, 1.82) is 0 Å². The maximum Gasteiger partial charge on any atom is 0.0597 e. The molecule has 3 aliphatic rings. The van der Waals surface area contributed by atoms with Gasteiger partial charge in [-0.25, -0.2) is 0 Å². The molecule has 0 bridgehead atoms. The van der Waals surface area contributed by atoms with Gasteiger partial charge in [0.2, 0.25) is 0 Å². The van der Waals surface area contributed by atoms with E-state index < -0.39 is 0 Å². The Kier molecular flexibility index (Phi) is 5.14. The van der Waals surface area contributed by atoms with Crippen LogP contribution in [0, 0.1) is 0 Å². The minimum Gasteiger partial charge on any atom is -0.377 e. The van der Waals surface area contributed by atoms with Gasteiger partial charge >= 0.3 is 0 Å². The fourth-order valence-corrected chi connectivity index (χ4v) is 3.56. The molecule has 0 spiro atoms. The molecular formula is C16H30N2O. The Morgan fingerprint density at radius 2 is 1.74 bits per heavy atom. The Balaban J connectivity index is 1.30. The fraction of sp³-hybridized carbons (Fsp3) is 1.00. The minimum absolute atomic E-state index is 0.568. The first-order valence-corrected chi connectivity index (χ1v) is 8.50. The van der Waals surface area contributed by atoms with E-state index in [0.29, 0.717) is 6.10 Å². The summed E-state index contributed by atoms with van der Waals surface area (Å²) in [5.74, 6) is 0. The van der Waals surface area contributed by atoms with Crippen molar-refractivity contribution in [2.45, 2.75) is 76.0 Å². The molecule has 19 heavy (non-hydrogen) atoms. The molecule has 0 aromatic carbocycles. The standard InChI is InChI=1S/C16H30N2O/c1-2-6-16(7-3-1)19-12-11-18-10-4-5-15(13-18)17-14-8-9-14/h14-17H,1-13H2. The van der Waals surface area contributed by atoms with Crippen molar-refractivity contribution >= 4 is 0 Å². The Hall–Kier alpha value is -0.120. The minimum atomic E-state index is 0.568. The van der Waals surface area contributed by atoms with Gasteiger partial charge in [-0.1, -0.05) is 19.3 Å². The highest BCUT2D eigenvalue weighted by atomic mass is 16.5. The highest BCUT2D eigenvalue weighted by Crippen LogP contribution is 2.22. The summed E-state index contributed by atoms with van der Waals surface area (Å²) in [4.78, 5) is 2.60. The molecule has 110 valence electrons. The van der Waals surface area contributed by atoms with Gasteiger partial charge < -0.3 is 10.1 Å². The van der Waals surface area contributed by atoms with E-state index in [9.17, 15) is 0 Å². The molecule has 0 amide bonds. The molecule has 2 saturated carbocycles. The number of ether oxygens (including phenoxy) is 1. The molecule has 3 rings (SSSR count). The lowest BCUT2D eigenvalue weighted by molar-refractivity contribution is 0.0122. The van der Waals surface area contributed by atoms with E-state index in [-0.39, 0.29) is 0 Å². The Labute approximate surface area is 118 Å². The monoisotopic (exact) mass is 266 g/mol. The summed E-state index contributed by atoms with van der Waals surface area (Å²) in [7, 11) is 0. The second-order valence-corrected chi connectivity index (χ2v) is 6.71. The molecule has 3 heteroatoms. The number of nitrogens with zero attached hydrogens (tertiary/aromatic N) is 1. The molecule has 1 N–H and O–H groups in total. The van der Waals surface area contributed by atoms with Crippen LogP contribution >= 0.6 is 0 Å². The predicted octanol–water partition coefficient (Wildman–Crippen LogP) is 2.55. The lowest BCUT2D eigenvalue weighted by atomic mass is 9.98. The van der Waals surface area contributed by atoms with Crippen molar-refractivity contribution in [1.82, 2.24) is 10.2 Å². The first-order valence-electron chi connectivity index (χ1n) is 8.50. The molecule has 2 aliphatic carbocycles. The zero-order valence-electron chi connectivity index (χ0n) is 12.3. The maximum absolute atomic E-state index is 6.05. The van der Waals surface area contributed by atoms with Gasteiger partial charge in [0.15, 0.2) is 0 Å². The van der Waals surface area contributed by atoms with Gasteiger partial charge in [-0.2, -0.15) is 0 Å². The van der Waals surface area contributed by atoms with Crippen molar-refractivity contribution in [2.24, 2.45) is 0 Å². The molecular weight excluding hydrogens is 236 g/mol. The van der Waals surface area contributed by atoms with Gasteiger partial charge in [0.25, 0.3) is 0 Å². The van der Waals surface area contributed by atoms with Crippen LogP contribution < -0.4 is 5.32 Å². The first-order chi connectivity index (χ1) is 9.40. The molecule has 1 unspecified atom stereocenters. The Morgan fingerprint density at radius 1 is 0.895 bits per heavy atom. The number of hydrogen-bond acceptors (Lipinski definition) is 3. The van der Waals surface area contributed by atoms with E-state index in [4.69, 9.17) is 4.74 Å². The summed E-state index contributed by atoms with van der Waals surface area (Å²) in [6.07, 6.45) is 12.9. The van der Waals surface area contributed by atoms with Crippen LogP contribution in [0.1, 0.15) is 57.8 Å². The van der Waals surface area contributed by atoms with E-state index in [1.165, 1.54) is 70.9 Å². The van der Waals surface area contributed by atoms with Crippen LogP contribution in [0.15, 0.2) is 0 Å². The SMILES string of the molecule is C1CCC(OCCN2CCCC(NC3CC3)C2)CC1.